The SMILES string of the molecule is CN(CCCC(C#N)(c1ccc(Br)cc1)C1CCCCC1)CCc1ccccc1. The summed E-state index contributed by atoms with van der Waals surface area (Å²) in [5.74, 6) is 0.483. The molecule has 0 radical (unpaired) electrons. The van der Waals surface area contributed by atoms with Gasteiger partial charge in [0.05, 0.1) is 11.5 Å². The van der Waals surface area contributed by atoms with E-state index in [0.717, 1.165) is 36.8 Å². The van der Waals surface area contributed by atoms with Gasteiger partial charge in [-0.2, -0.15) is 5.26 Å². The number of halogens is 1. The van der Waals surface area contributed by atoms with Gasteiger partial charge in [-0.25, -0.2) is 0 Å². The van der Waals surface area contributed by atoms with E-state index in [0.29, 0.717) is 5.92 Å². The molecule has 3 rings (SSSR count). The number of benzene rings is 2. The summed E-state index contributed by atoms with van der Waals surface area (Å²) < 4.78 is 1.08. The first-order valence-electron chi connectivity index (χ1n) is 11.0. The third-order valence-corrected chi connectivity index (χ3v) is 7.13. The Balaban J connectivity index is 1.63. The first-order valence-corrected chi connectivity index (χ1v) is 11.8. The van der Waals surface area contributed by atoms with Gasteiger partial charge in [-0.05, 0) is 74.9 Å². The Hall–Kier alpha value is -1.63. The van der Waals surface area contributed by atoms with Crippen molar-refractivity contribution >= 4 is 15.9 Å². The number of hydrogen-bond acceptors (Lipinski definition) is 2. The van der Waals surface area contributed by atoms with Crippen molar-refractivity contribution in [3.05, 3.63) is 70.2 Å². The number of nitriles is 1. The predicted molar refractivity (Wildman–Crippen MR) is 125 cm³/mol. The van der Waals surface area contributed by atoms with Gasteiger partial charge in [0.2, 0.25) is 0 Å². The van der Waals surface area contributed by atoms with Crippen LogP contribution >= 0.6 is 15.9 Å². The normalized spacial score (nSPS) is 17.0. The molecule has 29 heavy (non-hydrogen) atoms. The monoisotopic (exact) mass is 452 g/mol. The van der Waals surface area contributed by atoms with Gasteiger partial charge >= 0.3 is 0 Å². The maximum atomic E-state index is 10.4. The molecule has 2 aromatic carbocycles. The van der Waals surface area contributed by atoms with Crippen molar-refractivity contribution in [3.63, 3.8) is 0 Å². The van der Waals surface area contributed by atoms with Crippen molar-refractivity contribution in [2.75, 3.05) is 20.1 Å². The molecule has 0 heterocycles. The van der Waals surface area contributed by atoms with E-state index in [1.807, 2.05) is 0 Å². The molecule has 1 unspecified atom stereocenters. The lowest BCUT2D eigenvalue weighted by Gasteiger charge is -2.38. The Bertz CT molecular complexity index is 775. The summed E-state index contributed by atoms with van der Waals surface area (Å²) in [7, 11) is 2.21. The van der Waals surface area contributed by atoms with Crippen LogP contribution in [0.15, 0.2) is 59.1 Å². The minimum absolute atomic E-state index is 0.346. The molecule has 3 heteroatoms. The summed E-state index contributed by atoms with van der Waals surface area (Å²) >= 11 is 3.55. The van der Waals surface area contributed by atoms with E-state index < -0.39 is 0 Å². The van der Waals surface area contributed by atoms with Crippen LogP contribution in [0.1, 0.15) is 56.1 Å². The van der Waals surface area contributed by atoms with Gasteiger partial charge in [0, 0.05) is 11.0 Å². The third-order valence-electron chi connectivity index (χ3n) is 6.60. The first-order chi connectivity index (χ1) is 14.1. The summed E-state index contributed by atoms with van der Waals surface area (Å²) in [6.07, 6.45) is 9.32. The maximum Gasteiger partial charge on any atom is 0.0850 e. The summed E-state index contributed by atoms with van der Waals surface area (Å²) in [4.78, 5) is 2.41. The lowest BCUT2D eigenvalue weighted by Crippen LogP contribution is -2.36. The standard InChI is InChI=1S/C26H33BrN2/c1-29(20-17-22-9-4-2-5-10-22)19-8-18-26(21-28,23-11-6-3-7-12-23)24-13-15-25(27)16-14-24/h2,4-5,9-10,13-16,23H,3,6-8,11-12,17-20H2,1H3. The highest BCUT2D eigenvalue weighted by Gasteiger charge is 2.40. The number of rotatable bonds is 9. The minimum atomic E-state index is -0.346. The number of likely N-dealkylation sites (N-methyl/N-ethyl adjacent to an activating group) is 1. The smallest absolute Gasteiger partial charge is 0.0850 e. The van der Waals surface area contributed by atoms with Crippen molar-refractivity contribution in [1.82, 2.24) is 4.90 Å². The Morgan fingerprint density at radius 3 is 2.34 bits per heavy atom. The highest BCUT2D eigenvalue weighted by molar-refractivity contribution is 9.10. The van der Waals surface area contributed by atoms with Crippen LogP contribution in [-0.4, -0.2) is 25.0 Å². The topological polar surface area (TPSA) is 27.0 Å². The molecule has 0 aromatic heterocycles. The largest absolute Gasteiger partial charge is 0.306 e. The van der Waals surface area contributed by atoms with Gasteiger partial charge in [-0.3, -0.25) is 0 Å². The van der Waals surface area contributed by atoms with Crippen molar-refractivity contribution in [3.8, 4) is 6.07 Å². The van der Waals surface area contributed by atoms with E-state index in [1.165, 1.54) is 43.2 Å². The lowest BCUT2D eigenvalue weighted by molar-refractivity contribution is 0.224. The van der Waals surface area contributed by atoms with Crippen LogP contribution in [0.3, 0.4) is 0 Å². The average molecular weight is 453 g/mol. The fourth-order valence-corrected chi connectivity index (χ4v) is 5.11. The quantitative estimate of drug-likeness (QED) is 0.420. The van der Waals surface area contributed by atoms with E-state index in [1.54, 1.807) is 0 Å². The van der Waals surface area contributed by atoms with Gasteiger partial charge in [-0.15, -0.1) is 0 Å². The molecule has 2 nitrogen and oxygen atoms in total. The summed E-state index contributed by atoms with van der Waals surface area (Å²) in [5.41, 5.74) is 2.26. The predicted octanol–water partition coefficient (Wildman–Crippen LogP) is 6.75. The molecule has 0 amide bonds. The highest BCUT2D eigenvalue weighted by atomic mass is 79.9. The van der Waals surface area contributed by atoms with Crippen LogP contribution in [0.4, 0.5) is 0 Å². The van der Waals surface area contributed by atoms with Crippen molar-refractivity contribution in [1.29, 1.82) is 5.26 Å². The molecule has 0 N–H and O–H groups in total. The van der Waals surface area contributed by atoms with Gasteiger partial charge < -0.3 is 4.90 Å². The lowest BCUT2D eigenvalue weighted by atomic mass is 9.63. The summed E-state index contributed by atoms with van der Waals surface area (Å²) in [5, 5.41) is 10.4. The van der Waals surface area contributed by atoms with E-state index >= 15 is 0 Å². The van der Waals surface area contributed by atoms with Crippen molar-refractivity contribution < 1.29 is 0 Å². The molecule has 1 aliphatic carbocycles. The van der Waals surface area contributed by atoms with Crippen LogP contribution in [0.5, 0.6) is 0 Å². The first kappa shape index (κ1) is 22.1. The minimum Gasteiger partial charge on any atom is -0.306 e. The van der Waals surface area contributed by atoms with Crippen LogP contribution < -0.4 is 0 Å². The van der Waals surface area contributed by atoms with Gasteiger partial charge in [0.25, 0.3) is 0 Å². The summed E-state index contributed by atoms with van der Waals surface area (Å²) in [6.45, 7) is 2.10. The van der Waals surface area contributed by atoms with Crippen LogP contribution in [0, 0.1) is 17.2 Å². The third kappa shape index (κ3) is 5.93. The van der Waals surface area contributed by atoms with E-state index in [2.05, 4.69) is 88.5 Å². The fourth-order valence-electron chi connectivity index (χ4n) is 4.84. The van der Waals surface area contributed by atoms with Crippen molar-refractivity contribution in [2.24, 2.45) is 5.92 Å². The van der Waals surface area contributed by atoms with Crippen LogP contribution in [0.2, 0.25) is 0 Å². The number of hydrogen-bond donors (Lipinski definition) is 0. The van der Waals surface area contributed by atoms with Gasteiger partial charge in [0.15, 0.2) is 0 Å². The molecule has 0 bridgehead atoms. The van der Waals surface area contributed by atoms with Gasteiger partial charge in [0.1, 0.15) is 0 Å². The van der Waals surface area contributed by atoms with E-state index in [4.69, 9.17) is 0 Å². The zero-order chi connectivity index (χ0) is 20.5. The molecule has 0 saturated heterocycles. The van der Waals surface area contributed by atoms with E-state index in [-0.39, 0.29) is 5.41 Å². The fraction of sp³-hybridized carbons (Fsp3) is 0.500. The molecule has 1 aliphatic rings. The Morgan fingerprint density at radius 1 is 1.00 bits per heavy atom. The zero-order valence-electron chi connectivity index (χ0n) is 17.6. The Morgan fingerprint density at radius 2 is 1.69 bits per heavy atom. The molecule has 0 spiro atoms. The summed E-state index contributed by atoms with van der Waals surface area (Å²) in [6, 6.07) is 22.0. The Kier molecular flexibility index (Phi) is 8.33. The molecule has 0 aliphatic heterocycles. The molecular weight excluding hydrogens is 420 g/mol. The van der Waals surface area contributed by atoms with E-state index in [9.17, 15) is 5.26 Å². The van der Waals surface area contributed by atoms with Gasteiger partial charge in [-0.1, -0.05) is 77.7 Å². The van der Waals surface area contributed by atoms with Crippen LogP contribution in [-0.2, 0) is 11.8 Å². The molecule has 154 valence electrons. The Labute approximate surface area is 185 Å². The average Bonchev–Trinajstić information content (AvgIpc) is 2.77. The second-order valence-corrected chi connectivity index (χ2v) is 9.48. The second kappa shape index (κ2) is 11.0. The molecule has 2 aromatic rings. The van der Waals surface area contributed by atoms with Crippen LogP contribution in [0.25, 0.3) is 0 Å². The number of nitrogens with zero attached hydrogens (tertiary/aromatic N) is 2. The zero-order valence-corrected chi connectivity index (χ0v) is 19.2. The molecular formula is C26H33BrN2. The molecule has 1 atom stereocenters. The maximum absolute atomic E-state index is 10.4. The highest BCUT2D eigenvalue weighted by Crippen LogP contribution is 2.44. The van der Waals surface area contributed by atoms with Crippen molar-refractivity contribution in [2.45, 2.75) is 56.8 Å². The molecule has 1 fully saturated rings. The second-order valence-electron chi connectivity index (χ2n) is 8.57. The molecule has 1 saturated carbocycles.